The first-order valence-corrected chi connectivity index (χ1v) is 8.02. The quantitative estimate of drug-likeness (QED) is 0.775. The highest BCUT2D eigenvalue weighted by atomic mass is 32.1. The normalized spacial score (nSPS) is 11.0. The smallest absolute Gasteiger partial charge is 0.0648 e. The Morgan fingerprint density at radius 3 is 2.62 bits per heavy atom. The minimum absolute atomic E-state index is 0.848. The van der Waals surface area contributed by atoms with Gasteiger partial charge in [0.15, 0.2) is 0 Å². The predicted molar refractivity (Wildman–Crippen MR) is 87.9 cm³/mol. The van der Waals surface area contributed by atoms with E-state index in [2.05, 4.69) is 53.2 Å². The molecule has 0 fully saturated rings. The molecule has 1 N–H and O–H groups in total. The van der Waals surface area contributed by atoms with E-state index in [0.29, 0.717) is 0 Å². The van der Waals surface area contributed by atoms with Gasteiger partial charge in [0.25, 0.3) is 0 Å². The van der Waals surface area contributed by atoms with Crippen molar-refractivity contribution in [2.75, 3.05) is 0 Å². The van der Waals surface area contributed by atoms with Gasteiger partial charge in [0.1, 0.15) is 0 Å². The Labute approximate surface area is 129 Å². The Bertz CT molecular complexity index is 699. The third kappa shape index (κ3) is 3.06. The molecule has 4 heteroatoms. The van der Waals surface area contributed by atoms with Gasteiger partial charge in [-0.05, 0) is 48.4 Å². The second-order valence-electron chi connectivity index (χ2n) is 5.13. The lowest BCUT2D eigenvalue weighted by molar-refractivity contribution is 0.689. The van der Waals surface area contributed by atoms with Crippen LogP contribution in [-0.2, 0) is 13.1 Å². The molecule has 0 aliphatic rings. The highest BCUT2D eigenvalue weighted by Crippen LogP contribution is 2.17. The zero-order valence-electron chi connectivity index (χ0n) is 12.3. The molecule has 0 saturated heterocycles. The maximum absolute atomic E-state index is 4.67. The standard InChI is InChI=1S/C17H19N3S/c1-13-17(11-18-10-15-8-9-21-12-15)14(2)20(19-13)16-6-4-3-5-7-16/h3-9,12,18H,10-11H2,1-2H3. The van der Waals surface area contributed by atoms with E-state index in [1.165, 1.54) is 16.8 Å². The Hall–Kier alpha value is -1.91. The Morgan fingerprint density at radius 1 is 1.10 bits per heavy atom. The molecule has 0 aliphatic heterocycles. The molecule has 3 rings (SSSR count). The van der Waals surface area contributed by atoms with Crippen LogP contribution >= 0.6 is 11.3 Å². The summed E-state index contributed by atoms with van der Waals surface area (Å²) in [7, 11) is 0. The van der Waals surface area contributed by atoms with E-state index in [4.69, 9.17) is 0 Å². The van der Waals surface area contributed by atoms with Gasteiger partial charge in [0, 0.05) is 24.3 Å². The predicted octanol–water partition coefficient (Wildman–Crippen LogP) is 3.84. The van der Waals surface area contributed by atoms with Crippen LogP contribution in [0.15, 0.2) is 47.2 Å². The summed E-state index contributed by atoms with van der Waals surface area (Å²) in [6.07, 6.45) is 0. The first-order chi connectivity index (χ1) is 10.3. The van der Waals surface area contributed by atoms with Crippen molar-refractivity contribution in [3.05, 3.63) is 69.7 Å². The molecule has 0 unspecified atom stereocenters. The molecule has 0 saturated carbocycles. The Morgan fingerprint density at radius 2 is 1.90 bits per heavy atom. The first kappa shape index (κ1) is 14.0. The monoisotopic (exact) mass is 297 g/mol. The number of para-hydroxylation sites is 1. The largest absolute Gasteiger partial charge is 0.308 e. The number of benzene rings is 1. The van der Waals surface area contributed by atoms with Crippen LogP contribution < -0.4 is 5.32 Å². The second-order valence-corrected chi connectivity index (χ2v) is 5.91. The van der Waals surface area contributed by atoms with E-state index >= 15 is 0 Å². The SMILES string of the molecule is Cc1nn(-c2ccccc2)c(C)c1CNCc1ccsc1. The van der Waals surface area contributed by atoms with Crippen LogP contribution in [0.4, 0.5) is 0 Å². The van der Waals surface area contributed by atoms with Gasteiger partial charge in [-0.15, -0.1) is 0 Å². The van der Waals surface area contributed by atoms with Gasteiger partial charge in [0.05, 0.1) is 11.4 Å². The van der Waals surface area contributed by atoms with Crippen LogP contribution in [0.3, 0.4) is 0 Å². The van der Waals surface area contributed by atoms with E-state index in [0.717, 1.165) is 24.5 Å². The number of thiophene rings is 1. The number of hydrogen-bond donors (Lipinski definition) is 1. The van der Waals surface area contributed by atoms with Crippen LogP contribution in [0.25, 0.3) is 5.69 Å². The first-order valence-electron chi connectivity index (χ1n) is 7.08. The number of hydrogen-bond acceptors (Lipinski definition) is 3. The molecule has 0 bridgehead atoms. The maximum atomic E-state index is 4.67. The van der Waals surface area contributed by atoms with Gasteiger partial charge >= 0.3 is 0 Å². The van der Waals surface area contributed by atoms with Crippen LogP contribution in [0.1, 0.15) is 22.5 Å². The summed E-state index contributed by atoms with van der Waals surface area (Å²) < 4.78 is 2.02. The summed E-state index contributed by atoms with van der Waals surface area (Å²) in [5, 5.41) is 12.5. The Kier molecular flexibility index (Phi) is 4.18. The zero-order chi connectivity index (χ0) is 14.7. The zero-order valence-corrected chi connectivity index (χ0v) is 13.2. The summed E-state index contributed by atoms with van der Waals surface area (Å²) in [6, 6.07) is 12.4. The minimum Gasteiger partial charge on any atom is -0.308 e. The average molecular weight is 297 g/mol. The summed E-state index contributed by atoms with van der Waals surface area (Å²) >= 11 is 1.74. The highest BCUT2D eigenvalue weighted by molar-refractivity contribution is 7.07. The second kappa shape index (κ2) is 6.24. The molecule has 21 heavy (non-hydrogen) atoms. The molecule has 0 spiro atoms. The fraction of sp³-hybridized carbons (Fsp3) is 0.235. The van der Waals surface area contributed by atoms with Gasteiger partial charge < -0.3 is 5.32 Å². The molecule has 2 aromatic heterocycles. The van der Waals surface area contributed by atoms with Crippen LogP contribution in [0.2, 0.25) is 0 Å². The third-order valence-corrected chi connectivity index (χ3v) is 4.38. The summed E-state index contributed by atoms with van der Waals surface area (Å²) in [6.45, 7) is 5.96. The molecule has 108 valence electrons. The summed E-state index contributed by atoms with van der Waals surface area (Å²) in [4.78, 5) is 0. The van der Waals surface area contributed by atoms with Gasteiger partial charge in [-0.2, -0.15) is 16.4 Å². The third-order valence-electron chi connectivity index (χ3n) is 3.65. The van der Waals surface area contributed by atoms with Crippen LogP contribution in [0, 0.1) is 13.8 Å². The van der Waals surface area contributed by atoms with Crippen molar-refractivity contribution >= 4 is 11.3 Å². The number of nitrogens with one attached hydrogen (secondary N) is 1. The van der Waals surface area contributed by atoms with E-state index in [1.54, 1.807) is 11.3 Å². The fourth-order valence-electron chi connectivity index (χ4n) is 2.48. The van der Waals surface area contributed by atoms with Crippen molar-refractivity contribution in [2.24, 2.45) is 0 Å². The minimum atomic E-state index is 0.848. The van der Waals surface area contributed by atoms with Gasteiger partial charge in [-0.3, -0.25) is 0 Å². The van der Waals surface area contributed by atoms with E-state index < -0.39 is 0 Å². The van der Waals surface area contributed by atoms with Crippen molar-refractivity contribution in [1.82, 2.24) is 15.1 Å². The average Bonchev–Trinajstić information content (AvgIpc) is 3.11. The lowest BCUT2D eigenvalue weighted by Gasteiger charge is -2.06. The van der Waals surface area contributed by atoms with Crippen molar-refractivity contribution < 1.29 is 0 Å². The Balaban J connectivity index is 1.75. The van der Waals surface area contributed by atoms with Gasteiger partial charge in [-0.1, -0.05) is 18.2 Å². The van der Waals surface area contributed by atoms with Crippen molar-refractivity contribution in [1.29, 1.82) is 0 Å². The lowest BCUT2D eigenvalue weighted by Crippen LogP contribution is -2.13. The molecule has 0 amide bonds. The van der Waals surface area contributed by atoms with Crippen molar-refractivity contribution in [3.63, 3.8) is 0 Å². The molecule has 0 atom stereocenters. The molecule has 0 aliphatic carbocycles. The van der Waals surface area contributed by atoms with E-state index in [1.807, 2.05) is 22.9 Å². The molecular weight excluding hydrogens is 278 g/mol. The number of rotatable bonds is 5. The highest BCUT2D eigenvalue weighted by Gasteiger charge is 2.12. The molecule has 1 aromatic carbocycles. The lowest BCUT2D eigenvalue weighted by atomic mass is 10.2. The van der Waals surface area contributed by atoms with Crippen LogP contribution in [-0.4, -0.2) is 9.78 Å². The van der Waals surface area contributed by atoms with E-state index in [9.17, 15) is 0 Å². The maximum Gasteiger partial charge on any atom is 0.0648 e. The number of nitrogens with zero attached hydrogens (tertiary/aromatic N) is 2. The number of aryl methyl sites for hydroxylation is 1. The topological polar surface area (TPSA) is 29.9 Å². The molecule has 2 heterocycles. The molecule has 3 nitrogen and oxygen atoms in total. The molecule has 0 radical (unpaired) electrons. The van der Waals surface area contributed by atoms with Crippen molar-refractivity contribution in [3.8, 4) is 5.69 Å². The van der Waals surface area contributed by atoms with Crippen LogP contribution in [0.5, 0.6) is 0 Å². The molecular formula is C17H19N3S. The number of aromatic nitrogens is 2. The van der Waals surface area contributed by atoms with E-state index in [-0.39, 0.29) is 0 Å². The van der Waals surface area contributed by atoms with Crippen molar-refractivity contribution in [2.45, 2.75) is 26.9 Å². The summed E-state index contributed by atoms with van der Waals surface area (Å²) in [5.41, 5.74) is 6.03. The fourth-order valence-corrected chi connectivity index (χ4v) is 3.15. The molecule has 3 aromatic rings. The van der Waals surface area contributed by atoms with Gasteiger partial charge in [-0.25, -0.2) is 4.68 Å². The van der Waals surface area contributed by atoms with Gasteiger partial charge in [0.2, 0.25) is 0 Å². The summed E-state index contributed by atoms with van der Waals surface area (Å²) in [5.74, 6) is 0.